The van der Waals surface area contributed by atoms with Gasteiger partial charge < -0.3 is 15.7 Å². The summed E-state index contributed by atoms with van der Waals surface area (Å²) in [5, 5.41) is 15.9. The molecule has 4 nitrogen and oxygen atoms in total. The van der Waals surface area contributed by atoms with E-state index in [0.29, 0.717) is 15.6 Å². The fraction of sp³-hybridized carbons (Fsp3) is 0.308. The number of urea groups is 1. The Morgan fingerprint density at radius 2 is 2.05 bits per heavy atom. The molecule has 6 heteroatoms. The van der Waals surface area contributed by atoms with Gasteiger partial charge in [0.05, 0.1) is 6.10 Å². The first-order valence-corrected chi connectivity index (χ1v) is 6.50. The number of hydrogen-bond donors (Lipinski definition) is 3. The van der Waals surface area contributed by atoms with Gasteiger partial charge >= 0.3 is 6.03 Å². The average molecular weight is 303 g/mol. The van der Waals surface area contributed by atoms with Gasteiger partial charge in [-0.2, -0.15) is 0 Å². The predicted molar refractivity (Wildman–Crippen MR) is 77.6 cm³/mol. The summed E-state index contributed by atoms with van der Waals surface area (Å²) in [6, 6.07) is 4.40. The van der Waals surface area contributed by atoms with Gasteiger partial charge in [-0.1, -0.05) is 35.3 Å². The van der Waals surface area contributed by atoms with Gasteiger partial charge in [0.15, 0.2) is 0 Å². The van der Waals surface area contributed by atoms with E-state index in [1.807, 2.05) is 0 Å². The third-order valence-corrected chi connectivity index (χ3v) is 3.16. The molecular formula is C13H16Cl2N2O2. The number of carbonyl (C=O) groups excluding carboxylic acids is 1. The average Bonchev–Trinajstić information content (AvgIpc) is 2.36. The highest BCUT2D eigenvalue weighted by molar-refractivity contribution is 6.36. The van der Waals surface area contributed by atoms with Crippen LogP contribution in [0.5, 0.6) is 0 Å². The van der Waals surface area contributed by atoms with Crippen molar-refractivity contribution in [3.05, 3.63) is 46.5 Å². The lowest BCUT2D eigenvalue weighted by Crippen LogP contribution is -2.41. The molecule has 0 aliphatic carbocycles. The first-order chi connectivity index (χ1) is 8.95. The molecular weight excluding hydrogens is 287 g/mol. The number of aliphatic hydroxyl groups excluding tert-OH is 1. The molecule has 2 atom stereocenters. The van der Waals surface area contributed by atoms with Gasteiger partial charge in [0.25, 0.3) is 0 Å². The van der Waals surface area contributed by atoms with Crippen LogP contribution >= 0.6 is 23.2 Å². The molecule has 0 aliphatic heterocycles. The highest BCUT2D eigenvalue weighted by atomic mass is 35.5. The monoisotopic (exact) mass is 302 g/mol. The molecule has 19 heavy (non-hydrogen) atoms. The quantitative estimate of drug-likeness (QED) is 0.732. The molecule has 0 fully saturated rings. The van der Waals surface area contributed by atoms with E-state index in [9.17, 15) is 9.90 Å². The number of hydrogen-bond acceptors (Lipinski definition) is 2. The van der Waals surface area contributed by atoms with Crippen molar-refractivity contribution in [2.75, 3.05) is 6.54 Å². The summed E-state index contributed by atoms with van der Waals surface area (Å²) in [6.07, 6.45) is 0.631. The van der Waals surface area contributed by atoms with Crippen LogP contribution in [0.3, 0.4) is 0 Å². The van der Waals surface area contributed by atoms with Crippen LogP contribution in [0.25, 0.3) is 0 Å². The topological polar surface area (TPSA) is 61.4 Å². The second kappa shape index (κ2) is 7.38. The summed E-state index contributed by atoms with van der Waals surface area (Å²) >= 11 is 11.9. The van der Waals surface area contributed by atoms with Gasteiger partial charge in [-0.25, -0.2) is 4.79 Å². The number of halogens is 2. The predicted octanol–water partition coefficient (Wildman–Crippen LogP) is 2.90. The number of nitrogens with one attached hydrogen (secondary N) is 2. The van der Waals surface area contributed by atoms with Crippen molar-refractivity contribution in [2.24, 2.45) is 0 Å². The van der Waals surface area contributed by atoms with Crippen molar-refractivity contribution in [1.82, 2.24) is 10.6 Å². The normalized spacial score (nSPS) is 13.5. The molecule has 0 saturated heterocycles. The molecule has 0 saturated carbocycles. The van der Waals surface area contributed by atoms with Crippen molar-refractivity contribution >= 4 is 29.2 Å². The first-order valence-electron chi connectivity index (χ1n) is 5.74. The zero-order valence-electron chi connectivity index (χ0n) is 10.5. The van der Waals surface area contributed by atoms with E-state index in [4.69, 9.17) is 23.2 Å². The van der Waals surface area contributed by atoms with Crippen LogP contribution in [0.1, 0.15) is 18.6 Å². The molecule has 104 valence electrons. The lowest BCUT2D eigenvalue weighted by molar-refractivity contribution is 0.173. The number of benzene rings is 1. The maximum atomic E-state index is 11.5. The molecule has 0 aromatic heterocycles. The Labute approximate surface area is 122 Å². The van der Waals surface area contributed by atoms with Crippen molar-refractivity contribution < 1.29 is 9.90 Å². The van der Waals surface area contributed by atoms with E-state index >= 15 is 0 Å². The van der Waals surface area contributed by atoms with Crippen LogP contribution in [0.2, 0.25) is 10.0 Å². The summed E-state index contributed by atoms with van der Waals surface area (Å²) in [5.74, 6) is 0. The zero-order valence-corrected chi connectivity index (χ0v) is 12.0. The minimum absolute atomic E-state index is 0.0130. The van der Waals surface area contributed by atoms with E-state index in [2.05, 4.69) is 17.2 Å². The SMILES string of the molecule is C=CC(C)NC(=O)NCC(O)c1c(Cl)cccc1Cl. The molecule has 1 aromatic rings. The minimum atomic E-state index is -0.967. The van der Waals surface area contributed by atoms with Crippen LogP contribution < -0.4 is 10.6 Å². The number of amides is 2. The molecule has 0 bridgehead atoms. The molecule has 0 aliphatic rings. The molecule has 2 amide bonds. The molecule has 3 N–H and O–H groups in total. The molecule has 0 radical (unpaired) electrons. The van der Waals surface area contributed by atoms with E-state index in [1.54, 1.807) is 31.2 Å². The molecule has 1 aromatic carbocycles. The summed E-state index contributed by atoms with van der Waals surface area (Å²) in [7, 11) is 0. The third-order valence-electron chi connectivity index (χ3n) is 2.50. The van der Waals surface area contributed by atoms with E-state index in [-0.39, 0.29) is 12.6 Å². The summed E-state index contributed by atoms with van der Waals surface area (Å²) in [5.41, 5.74) is 0.405. The Hall–Kier alpha value is -1.23. The van der Waals surface area contributed by atoms with Crippen LogP contribution in [0, 0.1) is 0 Å². The molecule has 2 unspecified atom stereocenters. The van der Waals surface area contributed by atoms with Crippen molar-refractivity contribution in [3.8, 4) is 0 Å². The Morgan fingerprint density at radius 1 is 1.47 bits per heavy atom. The van der Waals surface area contributed by atoms with E-state index in [0.717, 1.165) is 0 Å². The summed E-state index contributed by atoms with van der Waals surface area (Å²) in [6.45, 7) is 5.35. The summed E-state index contributed by atoms with van der Waals surface area (Å²) < 4.78 is 0. The maximum absolute atomic E-state index is 11.5. The second-order valence-corrected chi connectivity index (χ2v) is 4.84. The fourth-order valence-corrected chi connectivity index (χ4v) is 2.09. The van der Waals surface area contributed by atoms with Gasteiger partial charge in [-0.3, -0.25) is 0 Å². The van der Waals surface area contributed by atoms with E-state index in [1.165, 1.54) is 0 Å². The zero-order chi connectivity index (χ0) is 14.4. The minimum Gasteiger partial charge on any atom is -0.386 e. The van der Waals surface area contributed by atoms with Gasteiger partial charge in [0, 0.05) is 28.2 Å². The Bertz CT molecular complexity index is 446. The first kappa shape index (κ1) is 15.8. The standard InChI is InChI=1S/C13H16Cl2N2O2/c1-3-8(2)17-13(19)16-7-11(18)12-9(14)5-4-6-10(12)15/h3-6,8,11,18H,1,7H2,2H3,(H2,16,17,19). The largest absolute Gasteiger partial charge is 0.386 e. The third kappa shape index (κ3) is 4.74. The number of aliphatic hydroxyl groups is 1. The van der Waals surface area contributed by atoms with Crippen LogP contribution in [-0.4, -0.2) is 23.7 Å². The van der Waals surface area contributed by atoms with Crippen molar-refractivity contribution in [3.63, 3.8) is 0 Å². The lowest BCUT2D eigenvalue weighted by Gasteiger charge is -2.16. The Morgan fingerprint density at radius 3 is 2.58 bits per heavy atom. The van der Waals surface area contributed by atoms with Crippen LogP contribution in [-0.2, 0) is 0 Å². The van der Waals surface area contributed by atoms with Gasteiger partial charge in [0.2, 0.25) is 0 Å². The van der Waals surface area contributed by atoms with Crippen molar-refractivity contribution in [2.45, 2.75) is 19.1 Å². The van der Waals surface area contributed by atoms with Gasteiger partial charge in [-0.05, 0) is 19.1 Å². The molecule has 1 rings (SSSR count). The number of carbonyl (C=O) groups is 1. The van der Waals surface area contributed by atoms with Crippen LogP contribution in [0.4, 0.5) is 4.79 Å². The lowest BCUT2D eigenvalue weighted by atomic mass is 10.1. The van der Waals surface area contributed by atoms with Gasteiger partial charge in [-0.15, -0.1) is 6.58 Å². The second-order valence-electron chi connectivity index (χ2n) is 4.03. The van der Waals surface area contributed by atoms with Gasteiger partial charge in [0.1, 0.15) is 0 Å². The van der Waals surface area contributed by atoms with Crippen molar-refractivity contribution in [1.29, 1.82) is 0 Å². The highest BCUT2D eigenvalue weighted by Gasteiger charge is 2.16. The molecule has 0 spiro atoms. The summed E-state index contributed by atoms with van der Waals surface area (Å²) in [4.78, 5) is 11.5. The highest BCUT2D eigenvalue weighted by Crippen LogP contribution is 2.29. The maximum Gasteiger partial charge on any atom is 0.315 e. The number of rotatable bonds is 5. The molecule has 0 heterocycles. The van der Waals surface area contributed by atoms with Crippen LogP contribution in [0.15, 0.2) is 30.9 Å². The Kier molecular flexibility index (Phi) is 6.15. The van der Waals surface area contributed by atoms with E-state index < -0.39 is 12.1 Å². The fourth-order valence-electron chi connectivity index (χ4n) is 1.44. The Balaban J connectivity index is 2.58. The smallest absolute Gasteiger partial charge is 0.315 e.